The van der Waals surface area contributed by atoms with Gasteiger partial charge >= 0.3 is 29.6 Å². The Labute approximate surface area is 627 Å². The number of carbonyl (C=O) groups excluding carboxylic acids is 1. The first-order valence-corrected chi connectivity index (χ1v) is 45.4. The van der Waals surface area contributed by atoms with Gasteiger partial charge in [-0.05, 0) is 75.8 Å². The maximum Gasteiger partial charge on any atom is 1.00 e. The zero-order valence-corrected chi connectivity index (χ0v) is 69.3. The molecule has 0 aromatic heterocycles. The van der Waals surface area contributed by atoms with Crippen molar-refractivity contribution in [3.63, 3.8) is 0 Å². The van der Waals surface area contributed by atoms with Crippen LogP contribution in [0.4, 0.5) is 0 Å². The summed E-state index contributed by atoms with van der Waals surface area (Å²) in [6.07, 6.45) is 37.4. The molecule has 0 fully saturated rings. The third-order valence-electron chi connectivity index (χ3n) is 18.2. The summed E-state index contributed by atoms with van der Waals surface area (Å²) >= 11 is -5.94. The van der Waals surface area contributed by atoms with E-state index in [1.54, 1.807) is 0 Å². The van der Waals surface area contributed by atoms with Crippen LogP contribution in [0.3, 0.4) is 0 Å². The summed E-state index contributed by atoms with van der Waals surface area (Å²) in [5.41, 5.74) is 0. The summed E-state index contributed by atoms with van der Waals surface area (Å²) in [5, 5.41) is 25.7. The van der Waals surface area contributed by atoms with E-state index in [2.05, 4.69) is 184 Å². The molecule has 13 nitrogen and oxygen atoms in total. The van der Waals surface area contributed by atoms with Crippen molar-refractivity contribution in [1.82, 2.24) is 0 Å². The van der Waals surface area contributed by atoms with Crippen LogP contribution in [0.25, 0.3) is 0 Å². The molecular weight excluding hydrogens is 1390 g/mol. The standard InChI is InChI=1S/C45H78O5Si.C36H58O4Si.IO4.Na/c1-6-8-10-12-16-26-34-43(46)44(47)35-27-17-14-15-19-29-37-49-39-40(38-48-36-28-18-13-11-9-7-2)50-51(45(3,4)5,41-30-22-20-23-31-41)42-32-24-21-25-33-42;1-5-6-7-8-13-22-29-38-31-33(32-39-30-23-14-11-9-10-12-21-28-37)40-41(36(2,3)4,34-24-17-15-18-25-34)35-26-19-16-20-27-35;2-1(3,4)5;/h20-25,30-33,40,43-44,46-47H,6-19,26-29,34-39H2,1-5H3;15-20,24-28,33H,5-14,21-23,29-32H2,1-4H3;;/q;;-1;+1. The summed E-state index contributed by atoms with van der Waals surface area (Å²) in [7, 11) is -5.40. The normalized spacial score (nSPS) is 13.3. The second kappa shape index (κ2) is 58.5. The second-order valence-corrected chi connectivity index (χ2v) is 39.4. The van der Waals surface area contributed by atoms with Crippen LogP contribution in [0.2, 0.25) is 10.1 Å². The van der Waals surface area contributed by atoms with E-state index in [9.17, 15) is 15.0 Å². The molecule has 4 rings (SSSR count). The van der Waals surface area contributed by atoms with E-state index in [1.165, 1.54) is 130 Å². The molecule has 0 heterocycles. The minimum absolute atomic E-state index is 0. The van der Waals surface area contributed by atoms with Gasteiger partial charge in [-0.1, -0.05) is 344 Å². The van der Waals surface area contributed by atoms with Crippen molar-refractivity contribution in [1.29, 1.82) is 0 Å². The predicted molar refractivity (Wildman–Crippen MR) is 396 cm³/mol. The van der Waals surface area contributed by atoms with Gasteiger partial charge in [0.2, 0.25) is 0 Å². The first-order valence-electron chi connectivity index (χ1n) is 38.0. The molecule has 0 aliphatic heterocycles. The summed E-state index contributed by atoms with van der Waals surface area (Å²) in [6, 6.07) is 43.4. The van der Waals surface area contributed by atoms with E-state index in [-0.39, 0.29) is 51.8 Å². The van der Waals surface area contributed by atoms with Crippen LogP contribution in [0.5, 0.6) is 0 Å². The molecule has 0 aliphatic rings. The van der Waals surface area contributed by atoms with Gasteiger partial charge in [0.1, 0.15) is 26.4 Å². The first kappa shape index (κ1) is 94.2. The summed E-state index contributed by atoms with van der Waals surface area (Å²) in [4.78, 5) is 10.5. The van der Waals surface area contributed by atoms with Crippen molar-refractivity contribution in [3.05, 3.63) is 121 Å². The second-order valence-electron chi connectivity index (χ2n) is 28.7. The van der Waals surface area contributed by atoms with Gasteiger partial charge in [0.25, 0.3) is 16.6 Å². The Morgan fingerprint density at radius 3 is 0.806 bits per heavy atom. The third kappa shape index (κ3) is 42.3. The molecule has 0 bridgehead atoms. The fourth-order valence-electron chi connectivity index (χ4n) is 12.9. The summed E-state index contributed by atoms with van der Waals surface area (Å²) < 4.78 is 74.5. The van der Waals surface area contributed by atoms with E-state index in [0.29, 0.717) is 39.3 Å². The number of hydrogen-bond donors (Lipinski definition) is 2. The average Bonchev–Trinajstić information content (AvgIpc) is 0.755. The van der Waals surface area contributed by atoms with Gasteiger partial charge in [-0.15, -0.1) is 0 Å². The molecule has 4 aromatic rings. The van der Waals surface area contributed by atoms with Crippen molar-refractivity contribution in [2.45, 2.75) is 309 Å². The van der Waals surface area contributed by atoms with Crippen molar-refractivity contribution >= 4 is 43.7 Å². The molecule has 0 spiro atoms. The molecular formula is C81H136INaO13Si2. The van der Waals surface area contributed by atoms with E-state index in [1.807, 2.05) is 0 Å². The van der Waals surface area contributed by atoms with Crippen LogP contribution in [0.1, 0.15) is 274 Å². The SMILES string of the molecule is CCCCCCCCOCC(COCCCCCCCCC(O)C(O)CCCCCCCC)O[Si](c1ccccc1)(c1ccccc1)C(C)(C)C.CCCCCCCCOCC(COCCCCCCCCC=O)O[Si](c1ccccc1)(c1ccccc1)C(C)(C)C.[Na+].[O-][I+3]([O-])([O-])[O-]. The number of aliphatic hydroxyl groups is 2. The topological polar surface area (TPSA) is 205 Å². The number of benzene rings is 4. The number of halogens is 1. The molecule has 4 aromatic carbocycles. The maximum atomic E-state index is 10.5. The van der Waals surface area contributed by atoms with Gasteiger partial charge in [-0.3, -0.25) is 13.7 Å². The minimum Gasteiger partial charge on any atom is -0.400 e. The molecule has 554 valence electrons. The molecule has 17 heteroatoms. The Morgan fingerprint density at radius 1 is 0.367 bits per heavy atom. The molecule has 4 atom stereocenters. The van der Waals surface area contributed by atoms with Crippen LogP contribution in [0.15, 0.2) is 121 Å². The molecule has 0 saturated heterocycles. The van der Waals surface area contributed by atoms with Gasteiger partial charge in [0.15, 0.2) is 0 Å². The van der Waals surface area contributed by atoms with Gasteiger partial charge in [0.05, 0.1) is 50.8 Å². The molecule has 2 N–H and O–H groups in total. The molecule has 0 aliphatic carbocycles. The number of hydrogen-bond acceptors (Lipinski definition) is 13. The number of unbranched alkanes of at least 4 members (excludes halogenated alkanes) is 26. The van der Waals surface area contributed by atoms with Crippen LogP contribution < -0.4 is 84.1 Å². The summed E-state index contributed by atoms with van der Waals surface area (Å²) in [5.74, 6) is 0. The number of carbonyl (C=O) groups is 1. The van der Waals surface area contributed by atoms with Crippen LogP contribution in [-0.4, -0.2) is 110 Å². The van der Waals surface area contributed by atoms with Gasteiger partial charge in [-0.25, -0.2) is 0 Å². The number of aldehydes is 1. The molecule has 0 saturated carbocycles. The van der Waals surface area contributed by atoms with Crippen LogP contribution in [0, 0.1) is 0 Å². The maximum absolute atomic E-state index is 10.5. The van der Waals surface area contributed by atoms with Crippen molar-refractivity contribution < 1.29 is 106 Å². The quantitative estimate of drug-likeness (QED) is 0.0186. The monoisotopic (exact) mass is 1520 g/mol. The van der Waals surface area contributed by atoms with Crippen LogP contribution >= 0.6 is 0 Å². The Kier molecular flexibility index (Phi) is 56.3. The first-order chi connectivity index (χ1) is 46.7. The van der Waals surface area contributed by atoms with Crippen molar-refractivity contribution in [3.8, 4) is 0 Å². The Bertz CT molecular complexity index is 2320. The fourth-order valence-corrected chi connectivity index (χ4v) is 22.2. The number of aliphatic hydroxyl groups excluding tert-OH is 2. The third-order valence-corrected chi connectivity index (χ3v) is 28.4. The fraction of sp³-hybridized carbons (Fsp3) is 0.691. The largest absolute Gasteiger partial charge is 1.00 e. The van der Waals surface area contributed by atoms with Gasteiger partial charge < -0.3 is 42.8 Å². The van der Waals surface area contributed by atoms with E-state index >= 15 is 0 Å². The average molecular weight is 1520 g/mol. The number of rotatable bonds is 56. The van der Waals surface area contributed by atoms with Crippen LogP contribution in [-0.2, 0) is 32.6 Å². The Hall–Kier alpha value is -1.77. The molecule has 4 unspecified atom stereocenters. The molecule has 98 heavy (non-hydrogen) atoms. The Balaban J connectivity index is 0.000000924. The van der Waals surface area contributed by atoms with Crippen molar-refractivity contribution in [2.75, 3.05) is 52.9 Å². The molecule has 0 radical (unpaired) electrons. The van der Waals surface area contributed by atoms with E-state index in [4.69, 9.17) is 41.5 Å². The van der Waals surface area contributed by atoms with Crippen molar-refractivity contribution in [2.24, 2.45) is 0 Å². The van der Waals surface area contributed by atoms with E-state index in [0.717, 1.165) is 123 Å². The smallest absolute Gasteiger partial charge is 0.400 e. The van der Waals surface area contributed by atoms with Gasteiger partial charge in [0, 0.05) is 32.8 Å². The minimum atomic E-state index is -5.94. The number of ether oxygens (including phenoxy) is 4. The molecule has 0 amide bonds. The van der Waals surface area contributed by atoms with Gasteiger partial charge in [-0.2, -0.15) is 0 Å². The Morgan fingerprint density at radius 2 is 0.582 bits per heavy atom. The summed E-state index contributed by atoms with van der Waals surface area (Å²) in [6.45, 7) is 25.9. The zero-order valence-electron chi connectivity index (χ0n) is 63.2. The zero-order chi connectivity index (χ0) is 71.2. The predicted octanol–water partition coefficient (Wildman–Crippen LogP) is 8.04. The van der Waals surface area contributed by atoms with E-state index < -0.39 is 48.9 Å².